The van der Waals surface area contributed by atoms with Crippen LogP contribution in [0.3, 0.4) is 0 Å². The van der Waals surface area contributed by atoms with Crippen molar-refractivity contribution < 1.29 is 0 Å². The lowest BCUT2D eigenvalue weighted by atomic mass is 9.70. The number of benzene rings is 9. The van der Waals surface area contributed by atoms with E-state index in [1.54, 1.807) is 0 Å². The molecule has 0 N–H and O–H groups in total. The quantitative estimate of drug-likeness (QED) is 0.154. The van der Waals surface area contributed by atoms with Crippen LogP contribution in [0.15, 0.2) is 212 Å². The van der Waals surface area contributed by atoms with E-state index in [0.29, 0.717) is 0 Å². The minimum Gasteiger partial charge on any atom is -0.135 e. The first-order valence-corrected chi connectivity index (χ1v) is 20.9. The molecule has 0 saturated carbocycles. The number of fused-ring (bicyclic) bond motifs is 13. The number of hydrogen-bond acceptors (Lipinski definition) is 1. The first-order chi connectivity index (χ1) is 28.8. The molecule has 1 heterocycles. The van der Waals surface area contributed by atoms with Crippen molar-refractivity contribution in [2.75, 3.05) is 0 Å². The van der Waals surface area contributed by atoms with Gasteiger partial charge in [-0.25, -0.2) is 0 Å². The third-order valence-corrected chi connectivity index (χ3v) is 13.7. The molecule has 0 unspecified atom stereocenters. The standard InChI is InChI=1S/C57H36S/c1-2-16-37(17-3-1)34-48(40-32-33-55-49(36-40)45-24-9-13-31-54(45)58-55)39-19-14-18-38(35-39)41-20-4-5-21-42(41)46-26-15-30-53-56(46)47-25-8-12-29-52(47)57(53)50-27-10-6-22-43(50)44-23-7-11-28-51(44)57/h1-36H/b48-34-. The first-order valence-electron chi connectivity index (χ1n) is 20.1. The average Bonchev–Trinajstić information content (AvgIpc) is 3.93. The summed E-state index contributed by atoms with van der Waals surface area (Å²) >= 11 is 1.87. The minimum atomic E-state index is -0.379. The van der Waals surface area contributed by atoms with E-state index in [9.17, 15) is 0 Å². The Hall–Kier alpha value is -7.06. The lowest BCUT2D eigenvalue weighted by molar-refractivity contribution is 0.794. The molecule has 10 aromatic rings. The van der Waals surface area contributed by atoms with Gasteiger partial charge in [0.1, 0.15) is 0 Å². The largest absolute Gasteiger partial charge is 0.135 e. The lowest BCUT2D eigenvalue weighted by Gasteiger charge is -2.30. The van der Waals surface area contributed by atoms with Crippen LogP contribution in [0.5, 0.6) is 0 Å². The van der Waals surface area contributed by atoms with Crippen molar-refractivity contribution in [1.82, 2.24) is 0 Å². The zero-order valence-corrected chi connectivity index (χ0v) is 32.5. The highest BCUT2D eigenvalue weighted by Crippen LogP contribution is 2.64. The molecule has 58 heavy (non-hydrogen) atoms. The molecule has 270 valence electrons. The van der Waals surface area contributed by atoms with E-state index in [2.05, 4.69) is 218 Å². The average molecular weight is 753 g/mol. The van der Waals surface area contributed by atoms with Gasteiger partial charge in [-0.1, -0.05) is 188 Å². The summed E-state index contributed by atoms with van der Waals surface area (Å²) in [6.07, 6.45) is 2.35. The maximum atomic E-state index is 2.39. The summed E-state index contributed by atoms with van der Waals surface area (Å²) < 4.78 is 2.64. The van der Waals surface area contributed by atoms with Crippen molar-refractivity contribution >= 4 is 43.2 Å². The van der Waals surface area contributed by atoms with Crippen LogP contribution >= 0.6 is 11.3 Å². The van der Waals surface area contributed by atoms with Gasteiger partial charge in [-0.05, 0) is 119 Å². The normalized spacial score (nSPS) is 13.4. The van der Waals surface area contributed by atoms with Crippen molar-refractivity contribution in [2.24, 2.45) is 0 Å². The summed E-state index contributed by atoms with van der Waals surface area (Å²) in [4.78, 5) is 0. The highest BCUT2D eigenvalue weighted by molar-refractivity contribution is 7.25. The molecule has 0 aliphatic heterocycles. The zero-order valence-electron chi connectivity index (χ0n) is 31.7. The van der Waals surface area contributed by atoms with Crippen LogP contribution in [0.4, 0.5) is 0 Å². The van der Waals surface area contributed by atoms with Gasteiger partial charge < -0.3 is 0 Å². The van der Waals surface area contributed by atoms with Crippen molar-refractivity contribution in [3.05, 3.63) is 251 Å². The second-order valence-electron chi connectivity index (χ2n) is 15.5. The second kappa shape index (κ2) is 13.0. The molecule has 0 saturated heterocycles. The maximum absolute atomic E-state index is 2.39. The minimum absolute atomic E-state index is 0.379. The van der Waals surface area contributed by atoms with Gasteiger partial charge in [-0.3, -0.25) is 0 Å². The van der Waals surface area contributed by atoms with Gasteiger partial charge in [-0.2, -0.15) is 0 Å². The van der Waals surface area contributed by atoms with Gasteiger partial charge in [-0.15, -0.1) is 11.3 Å². The SMILES string of the molecule is C(=C(\c1cccc(-c2ccccc2-c2cccc3c2-c2ccccc2C32c3ccccc3-c3ccccc32)c1)c1ccc2sc3ccccc3c2c1)/c1ccccc1. The van der Waals surface area contributed by atoms with E-state index in [-0.39, 0.29) is 5.41 Å². The van der Waals surface area contributed by atoms with Gasteiger partial charge in [0.15, 0.2) is 0 Å². The molecule has 0 radical (unpaired) electrons. The summed E-state index contributed by atoms with van der Waals surface area (Å²) in [7, 11) is 0. The van der Waals surface area contributed by atoms with E-state index in [1.165, 1.54) is 109 Å². The molecule has 0 fully saturated rings. The van der Waals surface area contributed by atoms with E-state index in [4.69, 9.17) is 0 Å². The zero-order chi connectivity index (χ0) is 38.2. The fraction of sp³-hybridized carbons (Fsp3) is 0.0175. The van der Waals surface area contributed by atoms with Gasteiger partial charge >= 0.3 is 0 Å². The second-order valence-corrected chi connectivity index (χ2v) is 16.6. The van der Waals surface area contributed by atoms with Crippen LogP contribution < -0.4 is 0 Å². The van der Waals surface area contributed by atoms with Crippen molar-refractivity contribution in [2.45, 2.75) is 5.41 Å². The molecule has 0 nitrogen and oxygen atoms in total. The lowest BCUT2D eigenvalue weighted by Crippen LogP contribution is -2.25. The molecule has 2 aliphatic rings. The predicted octanol–water partition coefficient (Wildman–Crippen LogP) is 15.3. The first kappa shape index (κ1) is 33.1. The van der Waals surface area contributed by atoms with Crippen molar-refractivity contribution in [3.8, 4) is 44.5 Å². The summed E-state index contributed by atoms with van der Waals surface area (Å²) in [6, 6.07) is 78.9. The Morgan fingerprint density at radius 2 is 0.914 bits per heavy atom. The van der Waals surface area contributed by atoms with Crippen LogP contribution in [0.25, 0.3) is 76.3 Å². The third kappa shape index (κ3) is 4.81. The van der Waals surface area contributed by atoms with Gasteiger partial charge in [0.25, 0.3) is 0 Å². The van der Waals surface area contributed by atoms with Crippen LogP contribution in [0.1, 0.15) is 38.9 Å². The van der Waals surface area contributed by atoms with Gasteiger partial charge in [0, 0.05) is 20.2 Å². The molecule has 0 amide bonds. The number of hydrogen-bond donors (Lipinski definition) is 0. The Labute approximate surface area is 342 Å². The van der Waals surface area contributed by atoms with Crippen LogP contribution in [0, 0.1) is 0 Å². The fourth-order valence-electron chi connectivity index (χ4n) is 10.1. The fourth-order valence-corrected chi connectivity index (χ4v) is 11.2. The molecule has 0 atom stereocenters. The van der Waals surface area contributed by atoms with E-state index < -0.39 is 0 Å². The molecule has 12 rings (SSSR count). The Morgan fingerprint density at radius 3 is 1.69 bits per heavy atom. The van der Waals surface area contributed by atoms with E-state index in [1.807, 2.05) is 11.3 Å². The van der Waals surface area contributed by atoms with Crippen molar-refractivity contribution in [3.63, 3.8) is 0 Å². The van der Waals surface area contributed by atoms with Crippen LogP contribution in [-0.2, 0) is 5.41 Å². The van der Waals surface area contributed by atoms with E-state index in [0.717, 1.165) is 0 Å². The summed E-state index contributed by atoms with van der Waals surface area (Å²) in [5.74, 6) is 0. The molecule has 2 aliphatic carbocycles. The van der Waals surface area contributed by atoms with Crippen molar-refractivity contribution in [1.29, 1.82) is 0 Å². The number of rotatable bonds is 5. The Morgan fingerprint density at radius 1 is 0.362 bits per heavy atom. The third-order valence-electron chi connectivity index (χ3n) is 12.5. The molecule has 1 heteroatoms. The summed E-state index contributed by atoms with van der Waals surface area (Å²) in [6.45, 7) is 0. The smallest absolute Gasteiger partial charge is 0.0725 e. The monoisotopic (exact) mass is 752 g/mol. The van der Waals surface area contributed by atoms with Crippen LogP contribution in [-0.4, -0.2) is 0 Å². The molecule has 1 aromatic heterocycles. The highest BCUT2D eigenvalue weighted by atomic mass is 32.1. The molecule has 0 bridgehead atoms. The Bertz CT molecular complexity index is 3240. The van der Waals surface area contributed by atoms with Gasteiger partial charge in [0.2, 0.25) is 0 Å². The summed E-state index contributed by atoms with van der Waals surface area (Å²) in [5.41, 5.74) is 20.1. The Balaban J connectivity index is 1.05. The molecular weight excluding hydrogens is 717 g/mol. The Kier molecular flexibility index (Phi) is 7.42. The topological polar surface area (TPSA) is 0 Å². The van der Waals surface area contributed by atoms with E-state index >= 15 is 0 Å². The van der Waals surface area contributed by atoms with Gasteiger partial charge in [0.05, 0.1) is 5.41 Å². The molecule has 1 spiro atoms. The van der Waals surface area contributed by atoms with Crippen LogP contribution in [0.2, 0.25) is 0 Å². The molecular formula is C57H36S. The maximum Gasteiger partial charge on any atom is 0.0725 e. The number of thiophene rings is 1. The highest BCUT2D eigenvalue weighted by Gasteiger charge is 2.52. The predicted molar refractivity (Wildman–Crippen MR) is 246 cm³/mol. The summed E-state index contributed by atoms with van der Waals surface area (Å²) in [5, 5.41) is 2.62. The molecule has 9 aromatic carbocycles.